The SMILES string of the molecule is CCc1cccc(-c2cnc(C(=O)N3CCC(OC4CCN(CC(=O)N5CCN(C(=O)c6cc(Cc7n[nH]c(=O)c8ccccc78)ccc6F)CC5)CC4)CC3)c(NC(C)=O)c2)c1. The average molecular weight is 857 g/mol. The highest BCUT2D eigenvalue weighted by Gasteiger charge is 2.32. The number of nitrogens with zero attached hydrogens (tertiary/aromatic N) is 6. The van der Waals surface area contributed by atoms with E-state index >= 15 is 4.39 Å². The molecule has 63 heavy (non-hydrogen) atoms. The van der Waals surface area contributed by atoms with Crippen LogP contribution in [0.5, 0.6) is 0 Å². The van der Waals surface area contributed by atoms with Gasteiger partial charge in [0.2, 0.25) is 11.8 Å². The molecule has 8 rings (SSSR count). The number of hydrogen-bond acceptors (Lipinski definition) is 9. The first-order valence-electron chi connectivity index (χ1n) is 21.9. The predicted molar refractivity (Wildman–Crippen MR) is 237 cm³/mol. The average Bonchev–Trinajstić information content (AvgIpc) is 3.31. The van der Waals surface area contributed by atoms with Crippen molar-refractivity contribution in [2.75, 3.05) is 64.2 Å². The van der Waals surface area contributed by atoms with Crippen LogP contribution in [0.25, 0.3) is 21.9 Å². The molecule has 3 aliphatic heterocycles. The maximum Gasteiger partial charge on any atom is 0.274 e. The number of aromatic amines is 1. The van der Waals surface area contributed by atoms with Gasteiger partial charge in [-0.3, -0.25) is 28.9 Å². The summed E-state index contributed by atoms with van der Waals surface area (Å²) in [5, 5.41) is 10.8. The van der Waals surface area contributed by atoms with Crippen molar-refractivity contribution in [2.24, 2.45) is 0 Å². The lowest BCUT2D eigenvalue weighted by atomic mass is 10.0. The lowest BCUT2D eigenvalue weighted by Crippen LogP contribution is -2.53. The first-order chi connectivity index (χ1) is 30.5. The van der Waals surface area contributed by atoms with E-state index in [1.807, 2.05) is 30.3 Å². The maximum absolute atomic E-state index is 15.0. The Morgan fingerprint density at radius 3 is 2.16 bits per heavy atom. The molecule has 0 spiro atoms. The molecule has 2 N–H and O–H groups in total. The highest BCUT2D eigenvalue weighted by Crippen LogP contribution is 2.28. The number of carbonyl (C=O) groups is 4. The highest BCUT2D eigenvalue weighted by molar-refractivity contribution is 6.02. The van der Waals surface area contributed by atoms with Crippen molar-refractivity contribution in [3.63, 3.8) is 0 Å². The molecule has 15 heteroatoms. The van der Waals surface area contributed by atoms with E-state index in [9.17, 15) is 24.0 Å². The molecule has 3 aliphatic rings. The molecule has 3 saturated heterocycles. The molecule has 0 atom stereocenters. The van der Waals surface area contributed by atoms with Crippen LogP contribution in [-0.2, 0) is 27.2 Å². The Bertz CT molecular complexity index is 2560. The Morgan fingerprint density at radius 2 is 1.44 bits per heavy atom. The molecule has 0 radical (unpaired) electrons. The van der Waals surface area contributed by atoms with Gasteiger partial charge >= 0.3 is 0 Å². The number of ether oxygens (including phenoxy) is 1. The topological polar surface area (TPSA) is 161 Å². The molecular formula is C48H53FN8O6. The second kappa shape index (κ2) is 19.4. The van der Waals surface area contributed by atoms with Gasteiger partial charge in [-0.05, 0) is 73.1 Å². The first kappa shape index (κ1) is 43.3. The molecule has 5 heterocycles. The van der Waals surface area contributed by atoms with Gasteiger partial charge in [0.05, 0.1) is 41.1 Å². The molecule has 0 unspecified atom stereocenters. The van der Waals surface area contributed by atoms with Crippen molar-refractivity contribution in [1.82, 2.24) is 34.8 Å². The molecule has 3 fully saturated rings. The number of anilines is 1. The second-order valence-electron chi connectivity index (χ2n) is 16.7. The summed E-state index contributed by atoms with van der Waals surface area (Å²) in [5.74, 6) is -1.53. The number of H-pyrrole nitrogens is 1. The third kappa shape index (κ3) is 10.2. The summed E-state index contributed by atoms with van der Waals surface area (Å²) in [5.41, 5.74) is 4.60. The van der Waals surface area contributed by atoms with Crippen LogP contribution in [0.15, 0.2) is 83.8 Å². The number of aromatic nitrogens is 3. The van der Waals surface area contributed by atoms with Crippen LogP contribution < -0.4 is 10.9 Å². The van der Waals surface area contributed by atoms with Crippen LogP contribution in [0.4, 0.5) is 10.1 Å². The number of benzene rings is 3. The number of piperazine rings is 1. The van der Waals surface area contributed by atoms with E-state index in [2.05, 4.69) is 44.5 Å². The van der Waals surface area contributed by atoms with Gasteiger partial charge in [0, 0.05) is 82.8 Å². The Hall–Kier alpha value is -6.32. The zero-order chi connectivity index (χ0) is 44.0. The lowest BCUT2D eigenvalue weighted by molar-refractivity contribution is -0.135. The number of carbonyl (C=O) groups excluding carboxylic acids is 4. The number of piperidine rings is 2. The first-order valence-corrected chi connectivity index (χ1v) is 21.9. The van der Waals surface area contributed by atoms with Crippen LogP contribution in [0.2, 0.25) is 0 Å². The predicted octanol–water partition coefficient (Wildman–Crippen LogP) is 5.31. The Labute approximate surface area is 365 Å². The molecule has 0 saturated carbocycles. The number of fused-ring (bicyclic) bond motifs is 1. The molecule has 328 valence electrons. The van der Waals surface area contributed by atoms with E-state index in [1.165, 1.54) is 18.6 Å². The zero-order valence-electron chi connectivity index (χ0n) is 35.8. The summed E-state index contributed by atoms with van der Waals surface area (Å²) in [4.78, 5) is 76.8. The summed E-state index contributed by atoms with van der Waals surface area (Å²) in [6, 6.07) is 21.6. The zero-order valence-corrected chi connectivity index (χ0v) is 35.8. The minimum atomic E-state index is -0.614. The largest absolute Gasteiger partial charge is 0.375 e. The highest BCUT2D eigenvalue weighted by atomic mass is 19.1. The van der Waals surface area contributed by atoms with Crippen molar-refractivity contribution < 1.29 is 28.3 Å². The van der Waals surface area contributed by atoms with Crippen molar-refractivity contribution in [1.29, 1.82) is 0 Å². The number of hydrogen-bond donors (Lipinski definition) is 2. The van der Waals surface area contributed by atoms with Crippen LogP contribution >= 0.6 is 0 Å². The third-order valence-electron chi connectivity index (χ3n) is 12.4. The number of rotatable bonds is 11. The van der Waals surface area contributed by atoms with Crippen molar-refractivity contribution in [3.05, 3.63) is 123 Å². The van der Waals surface area contributed by atoms with E-state index < -0.39 is 11.7 Å². The Morgan fingerprint density at radius 1 is 0.762 bits per heavy atom. The fourth-order valence-electron chi connectivity index (χ4n) is 8.84. The number of halogens is 1. The fraction of sp³-hybridized carbons (Fsp3) is 0.396. The smallest absolute Gasteiger partial charge is 0.274 e. The van der Waals surface area contributed by atoms with Gasteiger partial charge < -0.3 is 24.8 Å². The minimum Gasteiger partial charge on any atom is -0.375 e. The summed E-state index contributed by atoms with van der Waals surface area (Å²) < 4.78 is 21.6. The normalized spacial score (nSPS) is 16.7. The molecule has 0 aliphatic carbocycles. The third-order valence-corrected chi connectivity index (χ3v) is 12.4. The number of nitrogens with one attached hydrogen (secondary N) is 2. The fourth-order valence-corrected chi connectivity index (χ4v) is 8.84. The van der Waals surface area contributed by atoms with Gasteiger partial charge in [0.1, 0.15) is 5.82 Å². The van der Waals surface area contributed by atoms with E-state index in [-0.39, 0.29) is 53.3 Å². The monoisotopic (exact) mass is 856 g/mol. The quantitative estimate of drug-likeness (QED) is 0.180. The van der Waals surface area contributed by atoms with Crippen molar-refractivity contribution in [3.8, 4) is 11.1 Å². The Kier molecular flexibility index (Phi) is 13.3. The van der Waals surface area contributed by atoms with Gasteiger partial charge in [0.25, 0.3) is 17.4 Å². The van der Waals surface area contributed by atoms with E-state index in [4.69, 9.17) is 4.74 Å². The molecule has 4 amide bonds. The van der Waals surface area contributed by atoms with Crippen molar-refractivity contribution >= 4 is 40.1 Å². The molecule has 0 bridgehead atoms. The molecular weight excluding hydrogens is 804 g/mol. The van der Waals surface area contributed by atoms with Crippen LogP contribution in [-0.4, -0.2) is 130 Å². The minimum absolute atomic E-state index is 0.00352. The van der Waals surface area contributed by atoms with Crippen LogP contribution in [0, 0.1) is 5.82 Å². The molecule has 5 aromatic rings. The molecule has 2 aromatic heterocycles. The Balaban J connectivity index is 0.771. The number of amides is 4. The number of pyridine rings is 1. The van der Waals surface area contributed by atoms with E-state index in [1.54, 1.807) is 45.2 Å². The second-order valence-corrected chi connectivity index (χ2v) is 16.7. The van der Waals surface area contributed by atoms with Gasteiger partial charge in [-0.1, -0.05) is 55.5 Å². The maximum atomic E-state index is 15.0. The number of aryl methyl sites for hydroxylation is 1. The van der Waals surface area contributed by atoms with Gasteiger partial charge in [-0.25, -0.2) is 14.5 Å². The summed E-state index contributed by atoms with van der Waals surface area (Å²) in [7, 11) is 0. The summed E-state index contributed by atoms with van der Waals surface area (Å²) >= 11 is 0. The molecule has 3 aromatic carbocycles. The van der Waals surface area contributed by atoms with Gasteiger partial charge in [0.15, 0.2) is 5.69 Å². The standard InChI is InChI=1S/C48H53FN8O6/c1-3-32-7-6-8-34(25-32)35-28-43(51-31(2)58)45(50-29-35)48(62)56-19-15-37(16-20-56)63-36-13-17-54(18-14-36)30-44(59)55-21-23-57(24-22-55)47(61)40-26-33(11-12-41(40)49)27-42-38-9-4-5-10-39(38)46(60)53-52-42/h4-12,25-26,28-29,36-37H,3,13-24,27,30H2,1-2H3,(H,51,58)(H,53,60). The van der Waals surface area contributed by atoms with Gasteiger partial charge in [-0.2, -0.15) is 5.10 Å². The van der Waals surface area contributed by atoms with Crippen LogP contribution in [0.3, 0.4) is 0 Å². The number of likely N-dealkylation sites (tertiary alicyclic amines) is 2. The summed E-state index contributed by atoms with van der Waals surface area (Å²) in [6.07, 6.45) is 5.96. The summed E-state index contributed by atoms with van der Waals surface area (Å²) in [6.45, 7) is 7.62. The van der Waals surface area contributed by atoms with Crippen LogP contribution in [0.1, 0.15) is 77.2 Å². The van der Waals surface area contributed by atoms with Crippen molar-refractivity contribution in [2.45, 2.75) is 64.6 Å². The molecule has 14 nitrogen and oxygen atoms in total. The van der Waals surface area contributed by atoms with E-state index in [0.717, 1.165) is 43.5 Å². The van der Waals surface area contributed by atoms with Gasteiger partial charge in [-0.15, -0.1) is 0 Å². The lowest BCUT2D eigenvalue weighted by Gasteiger charge is -2.38. The van der Waals surface area contributed by atoms with E-state index in [0.29, 0.717) is 86.2 Å².